The molecule has 0 aromatic heterocycles. The van der Waals surface area contributed by atoms with Crippen LogP contribution in [0.5, 0.6) is 0 Å². The van der Waals surface area contributed by atoms with Crippen LogP contribution in [0.3, 0.4) is 0 Å². The van der Waals surface area contributed by atoms with Gasteiger partial charge in [0, 0.05) is 5.56 Å². The first-order valence-electron chi connectivity index (χ1n) is 5.47. The van der Waals surface area contributed by atoms with Gasteiger partial charge in [-0.25, -0.2) is 4.39 Å². The lowest BCUT2D eigenvalue weighted by molar-refractivity contribution is 0.622. The summed E-state index contributed by atoms with van der Waals surface area (Å²) < 4.78 is 13.8. The van der Waals surface area contributed by atoms with E-state index in [4.69, 9.17) is 0 Å². The Hall–Kier alpha value is -1.63. The van der Waals surface area contributed by atoms with Gasteiger partial charge in [-0.2, -0.15) is 0 Å². The molecule has 0 amide bonds. The maximum atomic E-state index is 13.8. The van der Waals surface area contributed by atoms with E-state index in [-0.39, 0.29) is 5.82 Å². The Balaban J connectivity index is 3.12. The van der Waals surface area contributed by atoms with Gasteiger partial charge in [-0.1, -0.05) is 49.9 Å². The fourth-order valence-electron chi connectivity index (χ4n) is 1.53. The Morgan fingerprint density at radius 3 is 2.69 bits per heavy atom. The summed E-state index contributed by atoms with van der Waals surface area (Å²) in [6, 6.07) is 5.39. The van der Waals surface area contributed by atoms with Crippen LogP contribution in [0.2, 0.25) is 0 Å². The smallest absolute Gasteiger partial charge is 0.131 e. The number of hydrogen-bond donors (Lipinski definition) is 0. The molecule has 84 valence electrons. The summed E-state index contributed by atoms with van der Waals surface area (Å²) in [5, 5.41) is 0. The van der Waals surface area contributed by atoms with Gasteiger partial charge in [0.25, 0.3) is 0 Å². The normalized spacial score (nSPS) is 12.1. The fourth-order valence-corrected chi connectivity index (χ4v) is 1.53. The molecular formula is C15H17F. The van der Waals surface area contributed by atoms with E-state index in [0.717, 1.165) is 17.6 Å². The van der Waals surface area contributed by atoms with E-state index >= 15 is 0 Å². The molecule has 0 radical (unpaired) electrons. The molecule has 1 rings (SSSR count). The molecule has 1 aromatic carbocycles. The number of benzene rings is 1. The third kappa shape index (κ3) is 2.93. The predicted molar refractivity (Wildman–Crippen MR) is 68.8 cm³/mol. The van der Waals surface area contributed by atoms with Crippen molar-refractivity contribution in [3.8, 4) is 0 Å². The average Bonchev–Trinajstić information content (AvgIpc) is 2.31. The van der Waals surface area contributed by atoms with E-state index in [1.54, 1.807) is 12.1 Å². The van der Waals surface area contributed by atoms with Gasteiger partial charge >= 0.3 is 0 Å². The van der Waals surface area contributed by atoms with Crippen LogP contribution in [0.25, 0.3) is 5.57 Å². The number of allylic oxidation sites excluding steroid dienone is 5. The Bertz CT molecular complexity index is 425. The third-order valence-electron chi connectivity index (χ3n) is 2.48. The highest BCUT2D eigenvalue weighted by Gasteiger charge is 2.05. The molecule has 0 spiro atoms. The van der Waals surface area contributed by atoms with Gasteiger partial charge in [0.05, 0.1) is 0 Å². The third-order valence-corrected chi connectivity index (χ3v) is 2.48. The first-order chi connectivity index (χ1) is 7.72. The lowest BCUT2D eigenvalue weighted by Crippen LogP contribution is -1.90. The summed E-state index contributed by atoms with van der Waals surface area (Å²) in [4.78, 5) is 0. The molecule has 0 atom stereocenters. The van der Waals surface area contributed by atoms with E-state index in [9.17, 15) is 4.39 Å². The van der Waals surface area contributed by atoms with Crippen LogP contribution in [0.4, 0.5) is 4.39 Å². The van der Waals surface area contributed by atoms with Crippen molar-refractivity contribution in [2.75, 3.05) is 0 Å². The van der Waals surface area contributed by atoms with Crippen LogP contribution in [-0.4, -0.2) is 0 Å². The molecule has 0 fully saturated rings. The van der Waals surface area contributed by atoms with Crippen LogP contribution >= 0.6 is 0 Å². The van der Waals surface area contributed by atoms with Gasteiger partial charge in [0.15, 0.2) is 0 Å². The fraction of sp³-hybridized carbons (Fsp3) is 0.200. The van der Waals surface area contributed by atoms with Crippen molar-refractivity contribution in [2.24, 2.45) is 0 Å². The summed E-state index contributed by atoms with van der Waals surface area (Å²) in [6.07, 6.45) is 8.09. The summed E-state index contributed by atoms with van der Waals surface area (Å²) in [5.41, 5.74) is 2.53. The number of halogens is 1. The van der Waals surface area contributed by atoms with Gasteiger partial charge in [-0.05, 0) is 30.5 Å². The monoisotopic (exact) mass is 216 g/mol. The second-order valence-corrected chi connectivity index (χ2v) is 3.51. The highest BCUT2D eigenvalue weighted by molar-refractivity contribution is 5.74. The number of rotatable bonds is 4. The summed E-state index contributed by atoms with van der Waals surface area (Å²) in [5.74, 6) is -0.166. The Labute approximate surface area is 96.8 Å². The molecule has 0 heterocycles. The molecule has 0 aliphatic heterocycles. The van der Waals surface area contributed by atoms with Crippen molar-refractivity contribution in [3.63, 3.8) is 0 Å². The second-order valence-electron chi connectivity index (χ2n) is 3.51. The Morgan fingerprint density at radius 2 is 2.19 bits per heavy atom. The number of aryl methyl sites for hydroxylation is 1. The molecule has 1 heteroatoms. The zero-order valence-electron chi connectivity index (χ0n) is 9.83. The first-order valence-corrected chi connectivity index (χ1v) is 5.47. The molecule has 0 nitrogen and oxygen atoms in total. The highest BCUT2D eigenvalue weighted by Crippen LogP contribution is 2.21. The van der Waals surface area contributed by atoms with Crippen molar-refractivity contribution in [2.45, 2.75) is 20.3 Å². The molecule has 0 unspecified atom stereocenters. The molecule has 1 aromatic rings. The molecule has 0 saturated heterocycles. The largest absolute Gasteiger partial charge is 0.206 e. The van der Waals surface area contributed by atoms with Gasteiger partial charge in [0.1, 0.15) is 5.82 Å². The molecule has 0 bridgehead atoms. The quantitative estimate of drug-likeness (QED) is 0.648. The molecular weight excluding hydrogens is 199 g/mol. The van der Waals surface area contributed by atoms with E-state index < -0.39 is 0 Å². The van der Waals surface area contributed by atoms with Gasteiger partial charge in [-0.3, -0.25) is 0 Å². The maximum absolute atomic E-state index is 13.8. The minimum absolute atomic E-state index is 0.166. The minimum atomic E-state index is -0.166. The van der Waals surface area contributed by atoms with Crippen molar-refractivity contribution >= 4 is 5.57 Å². The van der Waals surface area contributed by atoms with Crippen LogP contribution in [0, 0.1) is 5.82 Å². The van der Waals surface area contributed by atoms with Gasteiger partial charge < -0.3 is 0 Å². The van der Waals surface area contributed by atoms with Crippen LogP contribution < -0.4 is 0 Å². The van der Waals surface area contributed by atoms with E-state index in [1.807, 2.05) is 44.2 Å². The van der Waals surface area contributed by atoms with E-state index in [1.165, 1.54) is 0 Å². The van der Waals surface area contributed by atoms with E-state index in [0.29, 0.717) is 5.56 Å². The zero-order valence-corrected chi connectivity index (χ0v) is 9.83. The zero-order chi connectivity index (χ0) is 12.0. The van der Waals surface area contributed by atoms with E-state index in [2.05, 4.69) is 6.58 Å². The topological polar surface area (TPSA) is 0 Å². The van der Waals surface area contributed by atoms with Crippen LogP contribution in [0.15, 0.2) is 49.1 Å². The minimum Gasteiger partial charge on any atom is -0.206 e. The van der Waals surface area contributed by atoms with Crippen molar-refractivity contribution in [1.82, 2.24) is 0 Å². The SMILES string of the molecule is C=C/C=C\C(=C/C)c1ccc(CC)cc1F. The predicted octanol–water partition coefficient (Wildman–Crippen LogP) is 4.53. The molecule has 0 aliphatic rings. The van der Waals surface area contributed by atoms with Gasteiger partial charge in [-0.15, -0.1) is 0 Å². The Kier molecular flexibility index (Phi) is 4.71. The average molecular weight is 216 g/mol. The first kappa shape index (κ1) is 12.4. The molecule has 0 saturated carbocycles. The van der Waals surface area contributed by atoms with Crippen LogP contribution in [-0.2, 0) is 6.42 Å². The molecule has 16 heavy (non-hydrogen) atoms. The Morgan fingerprint density at radius 1 is 1.44 bits per heavy atom. The van der Waals surface area contributed by atoms with Crippen LogP contribution in [0.1, 0.15) is 25.0 Å². The summed E-state index contributed by atoms with van der Waals surface area (Å²) in [6.45, 7) is 7.52. The lowest BCUT2D eigenvalue weighted by atomic mass is 10.0. The van der Waals surface area contributed by atoms with Crippen molar-refractivity contribution in [3.05, 3.63) is 66.0 Å². The second kappa shape index (κ2) is 6.06. The maximum Gasteiger partial charge on any atom is 0.131 e. The lowest BCUT2D eigenvalue weighted by Gasteiger charge is -2.05. The highest BCUT2D eigenvalue weighted by atomic mass is 19.1. The standard InChI is InChI=1S/C15H17F/c1-4-7-8-13(6-3)14-10-9-12(5-2)11-15(14)16/h4,6-11H,1,5H2,2-3H3/b8-7-,13-6+. The van der Waals surface area contributed by atoms with Crippen molar-refractivity contribution < 1.29 is 4.39 Å². The molecule has 0 N–H and O–H groups in total. The number of hydrogen-bond acceptors (Lipinski definition) is 0. The molecule has 0 aliphatic carbocycles. The summed E-state index contributed by atoms with van der Waals surface area (Å²) in [7, 11) is 0. The van der Waals surface area contributed by atoms with Gasteiger partial charge in [0.2, 0.25) is 0 Å². The summed E-state index contributed by atoms with van der Waals surface area (Å²) >= 11 is 0. The van der Waals surface area contributed by atoms with Crippen molar-refractivity contribution in [1.29, 1.82) is 0 Å².